The Morgan fingerprint density at radius 1 is 1.27 bits per heavy atom. The molecule has 120 valence electrons. The molecule has 0 bridgehead atoms. The van der Waals surface area contributed by atoms with Gasteiger partial charge in [0.05, 0.1) is 11.7 Å². The molecule has 5 heteroatoms. The third kappa shape index (κ3) is 5.07. The number of halogens is 1. The van der Waals surface area contributed by atoms with Gasteiger partial charge in [-0.05, 0) is 39.8 Å². The number of rotatable bonds is 6. The van der Waals surface area contributed by atoms with Crippen LogP contribution >= 0.6 is 0 Å². The van der Waals surface area contributed by atoms with Crippen LogP contribution in [-0.4, -0.2) is 29.6 Å². The van der Waals surface area contributed by atoms with E-state index >= 15 is 0 Å². The molecule has 0 heterocycles. The van der Waals surface area contributed by atoms with Crippen molar-refractivity contribution in [1.29, 1.82) is 0 Å². The van der Waals surface area contributed by atoms with E-state index in [1.54, 1.807) is 27.7 Å². The first-order valence-corrected chi connectivity index (χ1v) is 6.95. The van der Waals surface area contributed by atoms with Crippen LogP contribution in [0.5, 0.6) is 0 Å². The van der Waals surface area contributed by atoms with Crippen LogP contribution in [0.2, 0.25) is 0 Å². The fourth-order valence-electron chi connectivity index (χ4n) is 1.65. The van der Waals surface area contributed by atoms with E-state index in [2.05, 4.69) is 6.58 Å². The second kappa shape index (κ2) is 7.31. The Kier molecular flexibility index (Phi) is 6.00. The maximum absolute atomic E-state index is 13.8. The zero-order valence-electron chi connectivity index (χ0n) is 13.3. The standard InChI is InChI=1S/C17H21FO4/c1-6-11(2)21-15(16(20)22-17(3,4)5)14(19)12-9-7-8-10-13(12)18/h6-11,15H,1H2,2-5H3/t11-,15+/m0/s1. The molecule has 2 atom stereocenters. The summed E-state index contributed by atoms with van der Waals surface area (Å²) in [7, 11) is 0. The van der Waals surface area contributed by atoms with E-state index in [0.717, 1.165) is 6.07 Å². The van der Waals surface area contributed by atoms with Gasteiger partial charge in [0, 0.05) is 0 Å². The lowest BCUT2D eigenvalue weighted by Crippen LogP contribution is -2.40. The van der Waals surface area contributed by atoms with E-state index in [4.69, 9.17) is 9.47 Å². The lowest BCUT2D eigenvalue weighted by Gasteiger charge is -2.24. The Balaban J connectivity index is 3.09. The normalized spacial score (nSPS) is 14.0. The summed E-state index contributed by atoms with van der Waals surface area (Å²) < 4.78 is 24.3. The van der Waals surface area contributed by atoms with Crippen molar-refractivity contribution in [1.82, 2.24) is 0 Å². The zero-order chi connectivity index (χ0) is 16.9. The highest BCUT2D eigenvalue weighted by Crippen LogP contribution is 2.17. The van der Waals surface area contributed by atoms with Crippen molar-refractivity contribution in [2.45, 2.75) is 45.5 Å². The molecule has 0 radical (unpaired) electrons. The van der Waals surface area contributed by atoms with Gasteiger partial charge in [-0.25, -0.2) is 9.18 Å². The van der Waals surface area contributed by atoms with E-state index in [1.165, 1.54) is 24.3 Å². The van der Waals surface area contributed by atoms with Crippen LogP contribution in [-0.2, 0) is 14.3 Å². The average Bonchev–Trinajstić information content (AvgIpc) is 2.42. The molecule has 1 aromatic carbocycles. The highest BCUT2D eigenvalue weighted by atomic mass is 19.1. The van der Waals surface area contributed by atoms with Gasteiger partial charge in [-0.15, -0.1) is 6.58 Å². The molecular weight excluding hydrogens is 287 g/mol. The molecule has 0 amide bonds. The summed E-state index contributed by atoms with van der Waals surface area (Å²) in [6.07, 6.45) is -0.663. The molecule has 0 spiro atoms. The topological polar surface area (TPSA) is 52.6 Å². The van der Waals surface area contributed by atoms with Crippen molar-refractivity contribution in [3.8, 4) is 0 Å². The third-order valence-corrected chi connectivity index (χ3v) is 2.68. The molecule has 0 N–H and O–H groups in total. The first-order chi connectivity index (χ1) is 10.2. The monoisotopic (exact) mass is 308 g/mol. The molecule has 22 heavy (non-hydrogen) atoms. The molecule has 0 saturated heterocycles. The first-order valence-electron chi connectivity index (χ1n) is 6.95. The Labute approximate surface area is 129 Å². The Morgan fingerprint density at radius 2 is 1.86 bits per heavy atom. The number of hydrogen-bond donors (Lipinski definition) is 0. The summed E-state index contributed by atoms with van der Waals surface area (Å²) >= 11 is 0. The van der Waals surface area contributed by atoms with Crippen molar-refractivity contribution in [3.63, 3.8) is 0 Å². The second-order valence-electron chi connectivity index (χ2n) is 5.83. The van der Waals surface area contributed by atoms with Gasteiger partial charge in [0.1, 0.15) is 11.4 Å². The predicted molar refractivity (Wildman–Crippen MR) is 81.1 cm³/mol. The van der Waals surface area contributed by atoms with Gasteiger partial charge in [-0.1, -0.05) is 18.2 Å². The van der Waals surface area contributed by atoms with E-state index in [1.807, 2.05) is 0 Å². The summed E-state index contributed by atoms with van der Waals surface area (Å²) in [6.45, 7) is 10.2. The van der Waals surface area contributed by atoms with Crippen LogP contribution in [0.3, 0.4) is 0 Å². The number of Topliss-reactive ketones (excluding diaryl/α,β-unsaturated/α-hetero) is 1. The number of ether oxygens (including phenoxy) is 2. The van der Waals surface area contributed by atoms with Crippen molar-refractivity contribution in [3.05, 3.63) is 48.3 Å². The molecule has 4 nitrogen and oxygen atoms in total. The Hall–Kier alpha value is -2.01. The molecule has 0 aromatic heterocycles. The van der Waals surface area contributed by atoms with Gasteiger partial charge >= 0.3 is 5.97 Å². The number of carbonyl (C=O) groups excluding carboxylic acids is 2. The molecule has 0 unspecified atom stereocenters. The van der Waals surface area contributed by atoms with Gasteiger partial charge in [0.25, 0.3) is 0 Å². The smallest absolute Gasteiger partial charge is 0.344 e. The molecule has 0 fully saturated rings. The number of benzene rings is 1. The maximum Gasteiger partial charge on any atom is 0.344 e. The highest BCUT2D eigenvalue weighted by Gasteiger charge is 2.34. The zero-order valence-corrected chi connectivity index (χ0v) is 13.3. The van der Waals surface area contributed by atoms with E-state index in [-0.39, 0.29) is 5.56 Å². The fraction of sp³-hybridized carbons (Fsp3) is 0.412. The highest BCUT2D eigenvalue weighted by molar-refractivity contribution is 6.11. The molecule has 1 aromatic rings. The van der Waals surface area contributed by atoms with Crippen molar-refractivity contribution >= 4 is 11.8 Å². The van der Waals surface area contributed by atoms with Crippen LogP contribution in [0.1, 0.15) is 38.1 Å². The van der Waals surface area contributed by atoms with Gasteiger partial charge in [0.15, 0.2) is 0 Å². The van der Waals surface area contributed by atoms with Gasteiger partial charge < -0.3 is 9.47 Å². The minimum absolute atomic E-state index is 0.213. The summed E-state index contributed by atoms with van der Waals surface area (Å²) in [4.78, 5) is 24.7. The molecule has 0 aliphatic heterocycles. The van der Waals surface area contributed by atoms with Gasteiger partial charge in [-0.2, -0.15) is 0 Å². The molecule has 0 aliphatic carbocycles. The maximum atomic E-state index is 13.8. The first kappa shape index (κ1) is 18.0. The summed E-state index contributed by atoms with van der Waals surface area (Å²) in [5, 5.41) is 0. The molecule has 0 saturated carbocycles. The van der Waals surface area contributed by atoms with Crippen molar-refractivity contribution in [2.75, 3.05) is 0 Å². The second-order valence-corrected chi connectivity index (χ2v) is 5.83. The van der Waals surface area contributed by atoms with Crippen LogP contribution in [0, 0.1) is 5.82 Å². The van der Waals surface area contributed by atoms with E-state index in [0.29, 0.717) is 0 Å². The lowest BCUT2D eigenvalue weighted by atomic mass is 10.0. The molecular formula is C17H21FO4. The van der Waals surface area contributed by atoms with Gasteiger partial charge in [0.2, 0.25) is 11.9 Å². The van der Waals surface area contributed by atoms with Crippen LogP contribution in [0.4, 0.5) is 4.39 Å². The molecule has 0 aliphatic rings. The quantitative estimate of drug-likeness (QED) is 0.350. The Bertz CT molecular complexity index is 560. The molecule has 1 rings (SSSR count). The van der Waals surface area contributed by atoms with Crippen molar-refractivity contribution in [2.24, 2.45) is 0 Å². The van der Waals surface area contributed by atoms with Gasteiger partial charge in [-0.3, -0.25) is 4.79 Å². The van der Waals surface area contributed by atoms with E-state index < -0.39 is 35.4 Å². The minimum atomic E-state index is -1.54. The number of hydrogen-bond acceptors (Lipinski definition) is 4. The largest absolute Gasteiger partial charge is 0.458 e. The minimum Gasteiger partial charge on any atom is -0.458 e. The summed E-state index contributed by atoms with van der Waals surface area (Å²) in [6, 6.07) is 5.43. The summed E-state index contributed by atoms with van der Waals surface area (Å²) in [5.74, 6) is -2.34. The fourth-order valence-corrected chi connectivity index (χ4v) is 1.65. The van der Waals surface area contributed by atoms with Crippen LogP contribution in [0.25, 0.3) is 0 Å². The summed E-state index contributed by atoms with van der Waals surface area (Å²) in [5.41, 5.74) is -0.999. The average molecular weight is 308 g/mol. The Morgan fingerprint density at radius 3 is 2.36 bits per heavy atom. The predicted octanol–water partition coefficient (Wildman–Crippen LogP) is 3.31. The van der Waals surface area contributed by atoms with Crippen LogP contribution < -0.4 is 0 Å². The number of esters is 1. The van der Waals surface area contributed by atoms with Crippen molar-refractivity contribution < 1.29 is 23.5 Å². The number of ketones is 1. The third-order valence-electron chi connectivity index (χ3n) is 2.68. The SMILES string of the molecule is C=C[C@H](C)O[C@@H](C(=O)OC(C)(C)C)C(=O)c1ccccc1F. The lowest BCUT2D eigenvalue weighted by molar-refractivity contribution is -0.166. The van der Waals surface area contributed by atoms with Crippen LogP contribution in [0.15, 0.2) is 36.9 Å². The number of carbonyl (C=O) groups is 2. The van der Waals surface area contributed by atoms with E-state index in [9.17, 15) is 14.0 Å².